The molecule has 1 unspecified atom stereocenters. The number of aliphatic hydroxyl groups excluding tert-OH is 1. The first-order valence-corrected chi connectivity index (χ1v) is 12.5. The number of para-hydroxylation sites is 1. The minimum atomic E-state index is -0.857. The number of aromatic amines is 1. The van der Waals surface area contributed by atoms with Crippen LogP contribution in [0.5, 0.6) is 11.5 Å². The van der Waals surface area contributed by atoms with Crippen molar-refractivity contribution in [2.24, 2.45) is 0 Å². The zero-order chi connectivity index (χ0) is 26.8. The third-order valence-electron chi connectivity index (χ3n) is 7.35. The zero-order valence-electron chi connectivity index (χ0n) is 21.7. The van der Waals surface area contributed by atoms with Crippen molar-refractivity contribution in [1.29, 1.82) is 0 Å². The molecule has 2 aliphatic heterocycles. The topological polar surface area (TPSA) is 91.9 Å². The van der Waals surface area contributed by atoms with Crippen molar-refractivity contribution in [3.63, 3.8) is 0 Å². The van der Waals surface area contributed by atoms with Gasteiger partial charge in [0.05, 0.1) is 11.6 Å². The van der Waals surface area contributed by atoms with Gasteiger partial charge in [-0.2, -0.15) is 0 Å². The van der Waals surface area contributed by atoms with Gasteiger partial charge in [0.2, 0.25) is 6.79 Å². The molecule has 2 N–H and O–H groups in total. The molecule has 0 bridgehead atoms. The molecule has 7 nitrogen and oxygen atoms in total. The highest BCUT2D eigenvalue weighted by Crippen LogP contribution is 2.46. The summed E-state index contributed by atoms with van der Waals surface area (Å²) in [5.41, 5.74) is 4.29. The number of anilines is 1. The summed E-state index contributed by atoms with van der Waals surface area (Å²) >= 11 is 0. The van der Waals surface area contributed by atoms with Crippen LogP contribution in [0.1, 0.15) is 49.1 Å². The Kier molecular flexibility index (Phi) is 5.35. The Morgan fingerprint density at radius 3 is 2.55 bits per heavy atom. The van der Waals surface area contributed by atoms with Crippen molar-refractivity contribution >= 4 is 34.0 Å². The van der Waals surface area contributed by atoms with Crippen LogP contribution in [-0.4, -0.2) is 28.6 Å². The van der Waals surface area contributed by atoms with Crippen molar-refractivity contribution in [2.45, 2.75) is 39.2 Å². The molecule has 192 valence electrons. The molecule has 38 heavy (non-hydrogen) atoms. The second kappa shape index (κ2) is 8.52. The number of hydrogen-bond donors (Lipinski definition) is 2. The zero-order valence-corrected chi connectivity index (χ0v) is 21.7. The third-order valence-corrected chi connectivity index (χ3v) is 7.35. The van der Waals surface area contributed by atoms with Crippen LogP contribution in [0.25, 0.3) is 16.7 Å². The largest absolute Gasteiger partial charge is 0.507 e. The van der Waals surface area contributed by atoms with Gasteiger partial charge in [-0.15, -0.1) is 0 Å². The molecule has 2 aliphatic rings. The number of benzene rings is 3. The van der Waals surface area contributed by atoms with E-state index in [4.69, 9.17) is 9.47 Å². The summed E-state index contributed by atoms with van der Waals surface area (Å²) in [6.45, 7) is 8.24. The smallest absolute Gasteiger partial charge is 0.300 e. The number of aryl methyl sites for hydroxylation is 1. The van der Waals surface area contributed by atoms with Crippen molar-refractivity contribution in [1.82, 2.24) is 4.98 Å². The third kappa shape index (κ3) is 3.65. The predicted molar refractivity (Wildman–Crippen MR) is 146 cm³/mol. The van der Waals surface area contributed by atoms with Crippen LogP contribution in [0.4, 0.5) is 5.69 Å². The van der Waals surface area contributed by atoms with Gasteiger partial charge in [-0.05, 0) is 47.7 Å². The van der Waals surface area contributed by atoms with Gasteiger partial charge >= 0.3 is 0 Å². The van der Waals surface area contributed by atoms with E-state index in [0.29, 0.717) is 28.3 Å². The van der Waals surface area contributed by atoms with E-state index in [1.807, 2.05) is 49.4 Å². The molecule has 1 aromatic heterocycles. The lowest BCUT2D eigenvalue weighted by molar-refractivity contribution is -0.132. The van der Waals surface area contributed by atoms with Crippen LogP contribution in [0.15, 0.2) is 72.4 Å². The average molecular weight is 509 g/mol. The minimum Gasteiger partial charge on any atom is -0.507 e. The molecule has 1 saturated heterocycles. The van der Waals surface area contributed by atoms with Crippen molar-refractivity contribution < 1.29 is 24.2 Å². The number of fused-ring (bicyclic) bond motifs is 2. The summed E-state index contributed by atoms with van der Waals surface area (Å²) in [5.74, 6) is -0.578. The van der Waals surface area contributed by atoms with Gasteiger partial charge in [0.15, 0.2) is 11.5 Å². The Hall–Kier alpha value is -4.52. The molecular formula is C31H28N2O5. The van der Waals surface area contributed by atoms with E-state index in [-0.39, 0.29) is 23.5 Å². The summed E-state index contributed by atoms with van der Waals surface area (Å²) in [5, 5.41) is 12.6. The van der Waals surface area contributed by atoms with Gasteiger partial charge in [0.25, 0.3) is 11.7 Å². The Morgan fingerprint density at radius 2 is 1.76 bits per heavy atom. The number of aliphatic hydroxyl groups is 1. The molecule has 0 saturated carbocycles. The van der Waals surface area contributed by atoms with Crippen molar-refractivity contribution in [3.05, 3.63) is 94.7 Å². The number of H-pyrrole nitrogens is 1. The molecular weight excluding hydrogens is 480 g/mol. The number of nitrogens with zero attached hydrogens (tertiary/aromatic N) is 1. The quantitative estimate of drug-likeness (QED) is 0.197. The average Bonchev–Trinajstić information content (AvgIpc) is 3.59. The number of rotatable bonds is 3. The normalized spacial score (nSPS) is 18.5. The van der Waals surface area contributed by atoms with Crippen LogP contribution < -0.4 is 14.4 Å². The highest BCUT2D eigenvalue weighted by atomic mass is 16.7. The summed E-state index contributed by atoms with van der Waals surface area (Å²) in [6, 6.07) is 17.8. The fourth-order valence-corrected chi connectivity index (χ4v) is 5.24. The van der Waals surface area contributed by atoms with Gasteiger partial charge in [0, 0.05) is 40.0 Å². The predicted octanol–water partition coefficient (Wildman–Crippen LogP) is 6.13. The molecule has 3 heterocycles. The number of amides is 1. The standard InChI is InChI=1S/C31H28N2O5/c1-17-9-10-18(31(2,3)4)13-21(17)28(34)26-27(22-15-32-23-8-6-5-7-20(22)23)33(30(36)29(26)35)19-11-12-24-25(14-19)38-16-37-24/h5-15,27,32,34H,16H2,1-4H3/b28-26+. The lowest BCUT2D eigenvalue weighted by Gasteiger charge is -2.25. The number of aromatic nitrogens is 1. The number of ketones is 1. The summed E-state index contributed by atoms with van der Waals surface area (Å²) < 4.78 is 11.0. The van der Waals surface area contributed by atoms with Gasteiger partial charge in [-0.3, -0.25) is 14.5 Å². The number of ether oxygens (including phenoxy) is 2. The van der Waals surface area contributed by atoms with Crippen molar-refractivity contribution in [3.8, 4) is 11.5 Å². The molecule has 6 rings (SSSR count). The summed E-state index contributed by atoms with van der Waals surface area (Å²) in [7, 11) is 0. The molecule has 0 spiro atoms. The van der Waals surface area contributed by atoms with Gasteiger partial charge in [-0.1, -0.05) is 51.1 Å². The molecule has 7 heteroatoms. The Bertz CT molecular complexity index is 1660. The van der Waals surface area contributed by atoms with Crippen LogP contribution in [0, 0.1) is 6.92 Å². The maximum atomic E-state index is 13.7. The van der Waals surface area contributed by atoms with E-state index < -0.39 is 17.7 Å². The van der Waals surface area contributed by atoms with Gasteiger partial charge in [-0.25, -0.2) is 0 Å². The molecule has 1 atom stereocenters. The van der Waals surface area contributed by atoms with Crippen LogP contribution in [0.2, 0.25) is 0 Å². The lowest BCUT2D eigenvalue weighted by Crippen LogP contribution is -2.29. The van der Waals surface area contributed by atoms with Crippen LogP contribution in [-0.2, 0) is 15.0 Å². The first-order valence-electron chi connectivity index (χ1n) is 12.5. The number of carbonyl (C=O) groups is 2. The molecule has 0 aliphatic carbocycles. The van der Waals surface area contributed by atoms with E-state index in [1.54, 1.807) is 24.4 Å². The number of nitrogens with one attached hydrogen (secondary N) is 1. The summed E-state index contributed by atoms with van der Waals surface area (Å²) in [6.07, 6.45) is 1.80. The fourth-order valence-electron chi connectivity index (χ4n) is 5.24. The monoisotopic (exact) mass is 508 g/mol. The van der Waals surface area contributed by atoms with Gasteiger partial charge in [0.1, 0.15) is 5.76 Å². The number of carbonyl (C=O) groups excluding carboxylic acids is 2. The second-order valence-corrected chi connectivity index (χ2v) is 10.8. The van der Waals surface area contributed by atoms with Gasteiger partial charge < -0.3 is 19.6 Å². The Balaban J connectivity index is 1.61. The molecule has 3 aromatic carbocycles. The lowest BCUT2D eigenvalue weighted by atomic mass is 9.84. The SMILES string of the molecule is Cc1ccc(C(C)(C)C)cc1/C(O)=C1\C(=O)C(=O)N(c2ccc3c(c2)OCO3)C1c1c[nH]c2ccccc12. The van der Waals surface area contributed by atoms with Crippen LogP contribution in [0.3, 0.4) is 0 Å². The molecule has 1 amide bonds. The number of hydrogen-bond acceptors (Lipinski definition) is 5. The van der Waals surface area contributed by atoms with E-state index in [2.05, 4.69) is 25.8 Å². The fraction of sp³-hybridized carbons (Fsp3) is 0.226. The van der Waals surface area contributed by atoms with E-state index in [9.17, 15) is 14.7 Å². The first-order chi connectivity index (χ1) is 18.1. The summed E-state index contributed by atoms with van der Waals surface area (Å²) in [4.78, 5) is 32.0. The highest BCUT2D eigenvalue weighted by molar-refractivity contribution is 6.52. The first kappa shape index (κ1) is 23.9. The molecule has 0 radical (unpaired) electrons. The maximum Gasteiger partial charge on any atom is 0.300 e. The van der Waals surface area contributed by atoms with Crippen molar-refractivity contribution in [2.75, 3.05) is 11.7 Å². The maximum absolute atomic E-state index is 13.7. The van der Waals surface area contributed by atoms with E-state index >= 15 is 0 Å². The van der Waals surface area contributed by atoms with E-state index in [0.717, 1.165) is 22.0 Å². The van der Waals surface area contributed by atoms with E-state index in [1.165, 1.54) is 4.90 Å². The minimum absolute atomic E-state index is 0.0478. The Labute approximate surface area is 220 Å². The number of Topliss-reactive ketones (excluding diaryl/α,β-unsaturated/α-hetero) is 1. The molecule has 4 aromatic rings. The molecule has 1 fully saturated rings. The Morgan fingerprint density at radius 1 is 1.00 bits per heavy atom. The highest BCUT2D eigenvalue weighted by Gasteiger charge is 2.48. The second-order valence-electron chi connectivity index (χ2n) is 10.8. The van der Waals surface area contributed by atoms with Crippen LogP contribution >= 0.6 is 0 Å².